The van der Waals surface area contributed by atoms with Gasteiger partial charge in [0.05, 0.1) is 6.10 Å². The highest BCUT2D eigenvalue weighted by atomic mass is 16.3. The summed E-state index contributed by atoms with van der Waals surface area (Å²) in [5.74, 6) is 0. The minimum Gasteiger partial charge on any atom is -0.391 e. The number of nitrogens with zero attached hydrogens (tertiary/aromatic N) is 1. The van der Waals surface area contributed by atoms with Gasteiger partial charge in [-0.15, -0.1) is 0 Å². The van der Waals surface area contributed by atoms with Gasteiger partial charge in [-0.3, -0.25) is 4.90 Å². The lowest BCUT2D eigenvalue weighted by atomic mass is 9.93. The Morgan fingerprint density at radius 3 is 2.65 bits per heavy atom. The summed E-state index contributed by atoms with van der Waals surface area (Å²) in [5, 5.41) is 10.3. The van der Waals surface area contributed by atoms with Crippen molar-refractivity contribution in [1.82, 2.24) is 4.90 Å². The van der Waals surface area contributed by atoms with E-state index in [1.165, 1.54) is 44.9 Å². The quantitative estimate of drug-likeness (QED) is 0.795. The number of aliphatic hydroxyl groups excluding tert-OH is 1. The highest BCUT2D eigenvalue weighted by molar-refractivity contribution is 4.97. The van der Waals surface area contributed by atoms with Crippen molar-refractivity contribution in [1.29, 1.82) is 0 Å². The fourth-order valence-electron chi connectivity index (χ4n) is 4.04. The molecule has 2 fully saturated rings. The van der Waals surface area contributed by atoms with Gasteiger partial charge in [0, 0.05) is 18.1 Å². The van der Waals surface area contributed by atoms with Gasteiger partial charge in [-0.2, -0.15) is 0 Å². The van der Waals surface area contributed by atoms with Gasteiger partial charge in [0.1, 0.15) is 0 Å². The Morgan fingerprint density at radius 1 is 1.12 bits per heavy atom. The lowest BCUT2D eigenvalue weighted by molar-refractivity contribution is 0.00369. The number of piperidine rings is 1. The molecule has 0 aliphatic carbocycles. The van der Waals surface area contributed by atoms with E-state index in [1.807, 2.05) is 0 Å². The van der Waals surface area contributed by atoms with E-state index in [-0.39, 0.29) is 6.10 Å². The van der Waals surface area contributed by atoms with Gasteiger partial charge in [-0.05, 0) is 38.5 Å². The minimum absolute atomic E-state index is 0.0811. The number of hydrogen-bond donors (Lipinski definition) is 1. The molecule has 2 nitrogen and oxygen atoms in total. The molecule has 2 aliphatic heterocycles. The summed E-state index contributed by atoms with van der Waals surface area (Å²) in [5.41, 5.74) is 0. The molecule has 0 aromatic carbocycles. The van der Waals surface area contributed by atoms with E-state index in [1.54, 1.807) is 0 Å². The second-order valence-corrected chi connectivity index (χ2v) is 5.98. The zero-order valence-electron chi connectivity index (χ0n) is 11.6. The lowest BCUT2D eigenvalue weighted by Gasteiger charge is -2.42. The first-order valence-corrected chi connectivity index (χ1v) is 7.73. The standard InChI is InChI=1S/C15H29NO/c1-3-6-12-8-5-9-13-10-11-14(16(12)13)15(17)7-4-2/h12-15,17H,3-11H2,1-2H3/t12-,13-,14-,15-/m0/s1. The highest BCUT2D eigenvalue weighted by Crippen LogP contribution is 2.38. The Morgan fingerprint density at radius 2 is 1.94 bits per heavy atom. The van der Waals surface area contributed by atoms with E-state index < -0.39 is 0 Å². The normalized spacial score (nSPS) is 35.8. The van der Waals surface area contributed by atoms with Crippen LogP contribution in [0.4, 0.5) is 0 Å². The van der Waals surface area contributed by atoms with Crippen molar-refractivity contribution in [2.45, 2.75) is 95.9 Å². The van der Waals surface area contributed by atoms with Crippen molar-refractivity contribution in [3.05, 3.63) is 0 Å². The van der Waals surface area contributed by atoms with Crippen LogP contribution in [0, 0.1) is 0 Å². The fraction of sp³-hybridized carbons (Fsp3) is 1.00. The zero-order valence-corrected chi connectivity index (χ0v) is 11.6. The van der Waals surface area contributed by atoms with Crippen LogP contribution in [0.25, 0.3) is 0 Å². The molecule has 0 spiro atoms. The largest absolute Gasteiger partial charge is 0.391 e. The van der Waals surface area contributed by atoms with Crippen LogP contribution in [-0.4, -0.2) is 34.2 Å². The fourth-order valence-corrected chi connectivity index (χ4v) is 4.04. The molecule has 0 bridgehead atoms. The third kappa shape index (κ3) is 2.85. The molecule has 0 saturated carbocycles. The van der Waals surface area contributed by atoms with E-state index in [9.17, 15) is 5.11 Å². The summed E-state index contributed by atoms with van der Waals surface area (Å²) in [6.45, 7) is 4.46. The monoisotopic (exact) mass is 239 g/mol. The van der Waals surface area contributed by atoms with Crippen LogP contribution in [0.3, 0.4) is 0 Å². The summed E-state index contributed by atoms with van der Waals surface area (Å²) in [7, 11) is 0. The first-order chi connectivity index (χ1) is 8.27. The van der Waals surface area contributed by atoms with Crippen molar-refractivity contribution >= 4 is 0 Å². The van der Waals surface area contributed by atoms with Gasteiger partial charge in [0.2, 0.25) is 0 Å². The van der Waals surface area contributed by atoms with Crippen LogP contribution >= 0.6 is 0 Å². The zero-order chi connectivity index (χ0) is 12.3. The molecule has 100 valence electrons. The van der Waals surface area contributed by atoms with Crippen LogP contribution in [0.1, 0.15) is 71.6 Å². The second kappa shape index (κ2) is 6.19. The minimum atomic E-state index is -0.0811. The molecule has 0 radical (unpaired) electrons. The van der Waals surface area contributed by atoms with Crippen LogP contribution in [0.2, 0.25) is 0 Å². The smallest absolute Gasteiger partial charge is 0.0695 e. The number of fused-ring (bicyclic) bond motifs is 1. The Balaban J connectivity index is 2.02. The van der Waals surface area contributed by atoms with Crippen molar-refractivity contribution in [3.63, 3.8) is 0 Å². The van der Waals surface area contributed by atoms with Crippen molar-refractivity contribution in [2.75, 3.05) is 0 Å². The first kappa shape index (κ1) is 13.4. The molecular weight excluding hydrogens is 210 g/mol. The van der Waals surface area contributed by atoms with Crippen LogP contribution in [0.5, 0.6) is 0 Å². The average molecular weight is 239 g/mol. The topological polar surface area (TPSA) is 23.5 Å². The molecule has 2 heteroatoms. The second-order valence-electron chi connectivity index (χ2n) is 5.98. The number of rotatable bonds is 5. The van der Waals surface area contributed by atoms with E-state index in [4.69, 9.17) is 0 Å². The Bertz CT molecular complexity index is 229. The summed E-state index contributed by atoms with van der Waals surface area (Å²) in [6, 6.07) is 2.02. The average Bonchev–Trinajstić information content (AvgIpc) is 2.74. The maximum atomic E-state index is 10.3. The van der Waals surface area contributed by atoms with Crippen LogP contribution < -0.4 is 0 Å². The molecule has 0 aromatic heterocycles. The SMILES string of the molecule is CCC[C@H]1CCC[C@H]2CC[C@@H]([C@@H](O)CCC)N12. The molecule has 0 unspecified atom stereocenters. The molecule has 0 aromatic rings. The van der Waals surface area contributed by atoms with Crippen molar-refractivity contribution in [2.24, 2.45) is 0 Å². The molecule has 2 aliphatic rings. The molecule has 17 heavy (non-hydrogen) atoms. The molecule has 1 N–H and O–H groups in total. The van der Waals surface area contributed by atoms with Gasteiger partial charge in [-0.1, -0.05) is 33.1 Å². The molecule has 2 saturated heterocycles. The molecule has 4 atom stereocenters. The third-order valence-electron chi connectivity index (χ3n) is 4.75. The molecule has 2 rings (SSSR count). The van der Waals surface area contributed by atoms with E-state index in [0.717, 1.165) is 24.9 Å². The van der Waals surface area contributed by atoms with Crippen LogP contribution in [-0.2, 0) is 0 Å². The van der Waals surface area contributed by atoms with Crippen molar-refractivity contribution < 1.29 is 5.11 Å². The maximum Gasteiger partial charge on any atom is 0.0695 e. The summed E-state index contributed by atoms with van der Waals surface area (Å²) in [4.78, 5) is 2.72. The Labute approximate surface area is 106 Å². The van der Waals surface area contributed by atoms with Gasteiger partial charge in [0.25, 0.3) is 0 Å². The first-order valence-electron chi connectivity index (χ1n) is 7.73. The predicted molar refractivity (Wildman–Crippen MR) is 72.1 cm³/mol. The van der Waals surface area contributed by atoms with E-state index in [0.29, 0.717) is 6.04 Å². The van der Waals surface area contributed by atoms with Gasteiger partial charge < -0.3 is 5.11 Å². The third-order valence-corrected chi connectivity index (χ3v) is 4.75. The van der Waals surface area contributed by atoms with Gasteiger partial charge in [-0.25, -0.2) is 0 Å². The van der Waals surface area contributed by atoms with Gasteiger partial charge in [0.15, 0.2) is 0 Å². The predicted octanol–water partition coefficient (Wildman–Crippen LogP) is 3.33. The maximum absolute atomic E-state index is 10.3. The summed E-state index contributed by atoms with van der Waals surface area (Å²) < 4.78 is 0. The molecular formula is C15H29NO. The van der Waals surface area contributed by atoms with Crippen LogP contribution in [0.15, 0.2) is 0 Å². The Kier molecular flexibility index (Phi) is 4.87. The number of hydrogen-bond acceptors (Lipinski definition) is 2. The number of aliphatic hydroxyl groups is 1. The Hall–Kier alpha value is -0.0800. The highest BCUT2D eigenvalue weighted by Gasteiger charge is 2.42. The summed E-state index contributed by atoms with van der Waals surface area (Å²) in [6.07, 6.45) is 11.3. The van der Waals surface area contributed by atoms with Crippen molar-refractivity contribution in [3.8, 4) is 0 Å². The van der Waals surface area contributed by atoms with E-state index >= 15 is 0 Å². The van der Waals surface area contributed by atoms with Gasteiger partial charge >= 0.3 is 0 Å². The van der Waals surface area contributed by atoms with E-state index in [2.05, 4.69) is 18.7 Å². The lowest BCUT2D eigenvalue weighted by Crippen LogP contribution is -2.50. The summed E-state index contributed by atoms with van der Waals surface area (Å²) >= 11 is 0. The molecule has 2 heterocycles. The molecule has 0 amide bonds.